The van der Waals surface area contributed by atoms with Crippen molar-refractivity contribution in [2.75, 3.05) is 0 Å². The minimum atomic E-state index is -1.23. The molecule has 0 saturated carbocycles. The maximum absolute atomic E-state index is 11.8. The maximum atomic E-state index is 11.8. The van der Waals surface area contributed by atoms with Crippen LogP contribution in [0.1, 0.15) is 30.1 Å². The SMILES string of the molecule is CC1(C)NC(=O)N(Cc2cc(C(=O)O)no2)C1=O. The lowest BCUT2D eigenvalue weighted by molar-refractivity contribution is -0.130. The van der Waals surface area contributed by atoms with Gasteiger partial charge < -0.3 is 14.9 Å². The van der Waals surface area contributed by atoms with Gasteiger partial charge in [-0.2, -0.15) is 0 Å². The Morgan fingerprint density at radius 1 is 1.56 bits per heavy atom. The maximum Gasteiger partial charge on any atom is 0.358 e. The average molecular weight is 253 g/mol. The highest BCUT2D eigenvalue weighted by molar-refractivity contribution is 6.06. The Kier molecular flexibility index (Phi) is 2.57. The zero-order chi connectivity index (χ0) is 13.5. The molecular formula is C10H11N3O5. The molecule has 2 N–H and O–H groups in total. The predicted molar refractivity (Wildman–Crippen MR) is 56.6 cm³/mol. The van der Waals surface area contributed by atoms with E-state index in [4.69, 9.17) is 9.63 Å². The van der Waals surface area contributed by atoms with Gasteiger partial charge in [0.2, 0.25) is 0 Å². The molecule has 0 radical (unpaired) electrons. The number of aromatic nitrogens is 1. The summed E-state index contributed by atoms with van der Waals surface area (Å²) in [5.41, 5.74) is -1.23. The lowest BCUT2D eigenvalue weighted by atomic mass is 10.1. The first kappa shape index (κ1) is 12.1. The standard InChI is InChI=1S/C10H11N3O5/c1-10(2)8(16)13(9(17)11-10)4-5-3-6(7(14)15)12-18-5/h3H,4H2,1-2H3,(H,11,17)(H,14,15). The van der Waals surface area contributed by atoms with E-state index in [0.717, 1.165) is 4.90 Å². The number of nitrogens with one attached hydrogen (secondary N) is 1. The number of imide groups is 1. The minimum absolute atomic E-state index is 0.133. The fourth-order valence-corrected chi connectivity index (χ4v) is 1.61. The van der Waals surface area contributed by atoms with Crippen molar-refractivity contribution in [2.45, 2.75) is 25.9 Å². The molecule has 2 rings (SSSR count). The summed E-state index contributed by atoms with van der Waals surface area (Å²) in [5.74, 6) is -1.50. The number of carboxylic acid groups (broad SMARTS) is 1. The Morgan fingerprint density at radius 2 is 2.22 bits per heavy atom. The largest absolute Gasteiger partial charge is 0.476 e. The second-order valence-corrected chi connectivity index (χ2v) is 4.43. The lowest BCUT2D eigenvalue weighted by Gasteiger charge is -2.14. The topological polar surface area (TPSA) is 113 Å². The van der Waals surface area contributed by atoms with Crippen LogP contribution in [-0.2, 0) is 11.3 Å². The van der Waals surface area contributed by atoms with Crippen LogP contribution in [0.2, 0.25) is 0 Å². The molecule has 3 amide bonds. The molecule has 18 heavy (non-hydrogen) atoms. The first-order chi connectivity index (χ1) is 8.31. The van der Waals surface area contributed by atoms with Crippen molar-refractivity contribution in [1.29, 1.82) is 0 Å². The number of nitrogens with zero attached hydrogens (tertiary/aromatic N) is 2. The van der Waals surface area contributed by atoms with Gasteiger partial charge in [0.05, 0.1) is 6.54 Å². The van der Waals surface area contributed by atoms with Crippen molar-refractivity contribution in [3.8, 4) is 0 Å². The molecule has 0 aromatic carbocycles. The molecule has 0 spiro atoms. The number of aromatic carboxylic acids is 1. The number of amides is 3. The third-order valence-corrected chi connectivity index (χ3v) is 2.54. The van der Waals surface area contributed by atoms with Crippen molar-refractivity contribution in [3.63, 3.8) is 0 Å². The molecule has 1 aromatic heterocycles. The molecule has 1 aliphatic heterocycles. The summed E-state index contributed by atoms with van der Waals surface area (Å²) in [7, 11) is 0. The zero-order valence-corrected chi connectivity index (χ0v) is 9.76. The third kappa shape index (κ3) is 1.92. The molecule has 0 unspecified atom stereocenters. The number of hydrogen-bond acceptors (Lipinski definition) is 5. The van der Waals surface area contributed by atoms with Crippen LogP contribution in [0.25, 0.3) is 0 Å². The highest BCUT2D eigenvalue weighted by Gasteiger charge is 2.44. The van der Waals surface area contributed by atoms with E-state index in [1.165, 1.54) is 6.07 Å². The van der Waals surface area contributed by atoms with E-state index in [9.17, 15) is 14.4 Å². The molecule has 0 bridgehead atoms. The van der Waals surface area contributed by atoms with Crippen LogP contribution in [0.5, 0.6) is 0 Å². The predicted octanol–water partition coefficient (Wildman–Crippen LogP) is 0.203. The first-order valence-electron chi connectivity index (χ1n) is 5.14. The van der Waals surface area contributed by atoms with Gasteiger partial charge >= 0.3 is 12.0 Å². The van der Waals surface area contributed by atoms with E-state index in [-0.39, 0.29) is 18.0 Å². The Hall–Kier alpha value is -2.38. The van der Waals surface area contributed by atoms with Gasteiger partial charge in [-0.1, -0.05) is 5.16 Å². The van der Waals surface area contributed by atoms with Gasteiger partial charge in [-0.05, 0) is 13.8 Å². The Labute approximate surface area is 102 Å². The molecule has 1 saturated heterocycles. The van der Waals surface area contributed by atoms with Crippen LogP contribution >= 0.6 is 0 Å². The van der Waals surface area contributed by atoms with E-state index in [1.54, 1.807) is 13.8 Å². The smallest absolute Gasteiger partial charge is 0.358 e. The van der Waals surface area contributed by atoms with Gasteiger partial charge in [0.15, 0.2) is 11.5 Å². The molecule has 8 nitrogen and oxygen atoms in total. The summed E-state index contributed by atoms with van der Waals surface area (Å²) < 4.78 is 4.75. The second-order valence-electron chi connectivity index (χ2n) is 4.43. The van der Waals surface area contributed by atoms with Gasteiger partial charge in [-0.3, -0.25) is 9.69 Å². The number of hydrogen-bond donors (Lipinski definition) is 2. The first-order valence-corrected chi connectivity index (χ1v) is 5.14. The third-order valence-electron chi connectivity index (χ3n) is 2.54. The second kappa shape index (κ2) is 3.83. The minimum Gasteiger partial charge on any atom is -0.476 e. The molecule has 0 aliphatic carbocycles. The summed E-state index contributed by atoms with van der Waals surface area (Å²) in [4.78, 5) is 35.0. The van der Waals surface area contributed by atoms with Crippen molar-refractivity contribution >= 4 is 17.9 Å². The van der Waals surface area contributed by atoms with E-state index < -0.39 is 23.4 Å². The summed E-state index contributed by atoms with van der Waals surface area (Å²) in [6.45, 7) is 3.01. The summed E-state index contributed by atoms with van der Waals surface area (Å²) in [6, 6.07) is 0.632. The van der Waals surface area contributed by atoms with Gasteiger partial charge in [0, 0.05) is 6.07 Å². The van der Waals surface area contributed by atoms with Crippen molar-refractivity contribution in [1.82, 2.24) is 15.4 Å². The van der Waals surface area contributed by atoms with Crippen molar-refractivity contribution in [3.05, 3.63) is 17.5 Å². The fourth-order valence-electron chi connectivity index (χ4n) is 1.61. The zero-order valence-electron chi connectivity index (χ0n) is 9.76. The highest BCUT2D eigenvalue weighted by atomic mass is 16.5. The molecule has 1 aromatic rings. The summed E-state index contributed by atoms with van der Waals surface area (Å²) >= 11 is 0. The van der Waals surface area contributed by atoms with Crippen molar-refractivity contribution < 1.29 is 24.0 Å². The van der Waals surface area contributed by atoms with E-state index in [2.05, 4.69) is 10.5 Å². The summed E-state index contributed by atoms with van der Waals surface area (Å²) in [6.07, 6.45) is 0. The quantitative estimate of drug-likeness (QED) is 0.744. The van der Waals surface area contributed by atoms with Crippen LogP contribution in [0, 0.1) is 0 Å². The van der Waals surface area contributed by atoms with Gasteiger partial charge in [-0.15, -0.1) is 0 Å². The summed E-state index contributed by atoms with van der Waals surface area (Å²) in [5, 5.41) is 14.5. The van der Waals surface area contributed by atoms with Gasteiger partial charge in [0.25, 0.3) is 5.91 Å². The Morgan fingerprint density at radius 3 is 2.67 bits per heavy atom. The van der Waals surface area contributed by atoms with Crippen LogP contribution in [0.3, 0.4) is 0 Å². The molecule has 2 heterocycles. The number of urea groups is 1. The number of carbonyl (C=O) groups is 3. The van der Waals surface area contributed by atoms with Crippen LogP contribution in [0.15, 0.2) is 10.6 Å². The molecule has 0 atom stereocenters. The van der Waals surface area contributed by atoms with Gasteiger partial charge in [0.1, 0.15) is 5.54 Å². The van der Waals surface area contributed by atoms with E-state index >= 15 is 0 Å². The normalized spacial score (nSPS) is 18.0. The number of carbonyl (C=O) groups excluding carboxylic acids is 2. The van der Waals surface area contributed by atoms with Crippen LogP contribution in [-0.4, -0.2) is 38.6 Å². The van der Waals surface area contributed by atoms with Crippen LogP contribution < -0.4 is 5.32 Å². The monoisotopic (exact) mass is 253 g/mol. The van der Waals surface area contributed by atoms with Gasteiger partial charge in [-0.25, -0.2) is 9.59 Å². The Bertz CT molecular complexity index is 533. The lowest BCUT2D eigenvalue weighted by Crippen LogP contribution is -2.40. The molecule has 1 aliphatic rings. The average Bonchev–Trinajstić information content (AvgIpc) is 2.78. The number of carboxylic acids is 1. The van der Waals surface area contributed by atoms with E-state index in [0.29, 0.717) is 0 Å². The molecule has 96 valence electrons. The van der Waals surface area contributed by atoms with E-state index in [1.807, 2.05) is 0 Å². The molecule has 1 fully saturated rings. The van der Waals surface area contributed by atoms with Crippen molar-refractivity contribution in [2.24, 2.45) is 0 Å². The molecular weight excluding hydrogens is 242 g/mol. The fraction of sp³-hybridized carbons (Fsp3) is 0.400. The molecule has 8 heteroatoms. The van der Waals surface area contributed by atoms with Crippen LogP contribution in [0.4, 0.5) is 4.79 Å². The highest BCUT2D eigenvalue weighted by Crippen LogP contribution is 2.19. The number of rotatable bonds is 3. The Balaban J connectivity index is 2.16.